The van der Waals surface area contributed by atoms with Crippen molar-refractivity contribution in [1.29, 1.82) is 0 Å². The summed E-state index contributed by atoms with van der Waals surface area (Å²) in [5.74, 6) is -0.522. The van der Waals surface area contributed by atoms with Crippen molar-refractivity contribution in [1.82, 2.24) is 9.88 Å². The highest BCUT2D eigenvalue weighted by atomic mass is 16.4. The van der Waals surface area contributed by atoms with E-state index in [2.05, 4.69) is 15.2 Å². The Hall–Kier alpha value is -1.62. The Labute approximate surface area is 101 Å². The van der Waals surface area contributed by atoms with E-state index in [4.69, 9.17) is 5.11 Å². The monoisotopic (exact) mass is 237 g/mol. The first kappa shape index (κ1) is 13.4. The molecular weight excluding hydrogens is 218 g/mol. The summed E-state index contributed by atoms with van der Waals surface area (Å²) in [6.45, 7) is 2.97. The first-order chi connectivity index (χ1) is 8.00. The maximum Gasteiger partial charge on any atom is 0.339 e. The molecule has 0 aromatic carbocycles. The highest BCUT2D eigenvalue weighted by Gasteiger charge is 2.12. The zero-order chi connectivity index (χ0) is 12.8. The van der Waals surface area contributed by atoms with E-state index in [1.54, 1.807) is 18.3 Å². The summed E-state index contributed by atoms with van der Waals surface area (Å²) in [6, 6.07) is 3.36. The molecule has 0 fully saturated rings. The third-order valence-electron chi connectivity index (χ3n) is 2.43. The standard InChI is InChI=1S/C12H19N3O2/c1-9(6-8-15(2)3)14-11-10(12(16)17)5-4-7-13-11/h4-5,7,9H,6,8H2,1-3H3,(H,13,14)(H,16,17). The average molecular weight is 237 g/mol. The van der Waals surface area contributed by atoms with Gasteiger partial charge in [-0.1, -0.05) is 0 Å². The van der Waals surface area contributed by atoms with E-state index in [0.717, 1.165) is 13.0 Å². The van der Waals surface area contributed by atoms with Gasteiger partial charge in [-0.3, -0.25) is 0 Å². The second-order valence-corrected chi connectivity index (χ2v) is 4.34. The second-order valence-electron chi connectivity index (χ2n) is 4.34. The van der Waals surface area contributed by atoms with E-state index in [1.807, 2.05) is 21.0 Å². The first-order valence-electron chi connectivity index (χ1n) is 5.60. The van der Waals surface area contributed by atoms with E-state index in [1.165, 1.54) is 0 Å². The molecule has 1 aromatic heterocycles. The Morgan fingerprint density at radius 2 is 2.29 bits per heavy atom. The predicted octanol–water partition coefficient (Wildman–Crippen LogP) is 1.53. The maximum atomic E-state index is 11.0. The highest BCUT2D eigenvalue weighted by Crippen LogP contribution is 2.13. The summed E-state index contributed by atoms with van der Waals surface area (Å²) in [5.41, 5.74) is 0.212. The quantitative estimate of drug-likeness (QED) is 0.785. The van der Waals surface area contributed by atoms with Gasteiger partial charge in [0.25, 0.3) is 0 Å². The first-order valence-corrected chi connectivity index (χ1v) is 5.60. The van der Waals surface area contributed by atoms with Crippen molar-refractivity contribution in [2.45, 2.75) is 19.4 Å². The summed E-state index contributed by atoms with van der Waals surface area (Å²) in [7, 11) is 4.02. The third-order valence-corrected chi connectivity index (χ3v) is 2.43. The molecule has 1 atom stereocenters. The van der Waals surface area contributed by atoms with Crippen molar-refractivity contribution in [2.75, 3.05) is 26.0 Å². The normalized spacial score (nSPS) is 12.5. The molecule has 1 unspecified atom stereocenters. The smallest absolute Gasteiger partial charge is 0.339 e. The van der Waals surface area contributed by atoms with Gasteiger partial charge in [-0.05, 0) is 46.1 Å². The molecule has 1 heterocycles. The number of rotatable bonds is 6. The Bertz CT molecular complexity index is 380. The van der Waals surface area contributed by atoms with Gasteiger partial charge in [0.05, 0.1) is 0 Å². The number of hydrogen-bond donors (Lipinski definition) is 2. The van der Waals surface area contributed by atoms with Crippen LogP contribution >= 0.6 is 0 Å². The number of carboxylic acid groups (broad SMARTS) is 1. The lowest BCUT2D eigenvalue weighted by atomic mass is 10.2. The van der Waals surface area contributed by atoms with Crippen molar-refractivity contribution in [3.05, 3.63) is 23.9 Å². The van der Waals surface area contributed by atoms with Crippen molar-refractivity contribution >= 4 is 11.8 Å². The average Bonchev–Trinajstić information content (AvgIpc) is 2.27. The second kappa shape index (κ2) is 6.20. The number of carboxylic acids is 1. The number of aromatic nitrogens is 1. The minimum Gasteiger partial charge on any atom is -0.478 e. The van der Waals surface area contributed by atoms with Gasteiger partial charge < -0.3 is 15.3 Å². The molecular formula is C12H19N3O2. The van der Waals surface area contributed by atoms with Crippen LogP contribution in [-0.2, 0) is 0 Å². The molecule has 0 aliphatic heterocycles. The molecule has 0 aliphatic rings. The molecule has 5 nitrogen and oxygen atoms in total. The Kier molecular flexibility index (Phi) is 4.90. The van der Waals surface area contributed by atoms with Crippen LogP contribution < -0.4 is 5.32 Å². The minimum atomic E-state index is -0.958. The number of anilines is 1. The molecule has 1 rings (SSSR count). The van der Waals surface area contributed by atoms with E-state index in [0.29, 0.717) is 5.82 Å². The molecule has 0 saturated heterocycles. The number of carbonyl (C=O) groups is 1. The van der Waals surface area contributed by atoms with Crippen molar-refractivity contribution in [3.8, 4) is 0 Å². The van der Waals surface area contributed by atoms with Crippen molar-refractivity contribution in [2.24, 2.45) is 0 Å². The topological polar surface area (TPSA) is 65.5 Å². The molecule has 0 spiro atoms. The zero-order valence-corrected chi connectivity index (χ0v) is 10.5. The minimum absolute atomic E-state index is 0.186. The molecule has 94 valence electrons. The fourth-order valence-electron chi connectivity index (χ4n) is 1.45. The Morgan fingerprint density at radius 1 is 1.59 bits per heavy atom. The van der Waals surface area contributed by atoms with Gasteiger partial charge >= 0.3 is 5.97 Å². The highest BCUT2D eigenvalue weighted by molar-refractivity contribution is 5.93. The lowest BCUT2D eigenvalue weighted by Gasteiger charge is -2.18. The summed E-state index contributed by atoms with van der Waals surface area (Å²) in [6.07, 6.45) is 2.52. The predicted molar refractivity (Wildman–Crippen MR) is 67.5 cm³/mol. The molecule has 0 bridgehead atoms. The van der Waals surface area contributed by atoms with Crippen LogP contribution in [0.25, 0.3) is 0 Å². The summed E-state index contributed by atoms with van der Waals surface area (Å²) in [5, 5.41) is 12.1. The summed E-state index contributed by atoms with van der Waals surface area (Å²) >= 11 is 0. The van der Waals surface area contributed by atoms with E-state index >= 15 is 0 Å². The van der Waals surface area contributed by atoms with Gasteiger partial charge in [0.15, 0.2) is 0 Å². The number of aromatic carboxylic acids is 1. The molecule has 1 aromatic rings. The molecule has 0 amide bonds. The van der Waals surface area contributed by atoms with Crippen LogP contribution in [-0.4, -0.2) is 47.6 Å². The summed E-state index contributed by atoms with van der Waals surface area (Å²) in [4.78, 5) is 17.1. The summed E-state index contributed by atoms with van der Waals surface area (Å²) < 4.78 is 0. The fourth-order valence-corrected chi connectivity index (χ4v) is 1.45. The molecule has 0 saturated carbocycles. The Morgan fingerprint density at radius 3 is 2.88 bits per heavy atom. The van der Waals surface area contributed by atoms with Gasteiger partial charge in [-0.2, -0.15) is 0 Å². The van der Waals surface area contributed by atoms with Crippen LogP contribution in [0.1, 0.15) is 23.7 Å². The van der Waals surface area contributed by atoms with Crippen molar-refractivity contribution in [3.63, 3.8) is 0 Å². The van der Waals surface area contributed by atoms with Gasteiger partial charge in [-0.25, -0.2) is 9.78 Å². The third kappa shape index (κ3) is 4.40. The van der Waals surface area contributed by atoms with E-state index < -0.39 is 5.97 Å². The van der Waals surface area contributed by atoms with Crippen molar-refractivity contribution < 1.29 is 9.90 Å². The van der Waals surface area contributed by atoms with Crippen LogP contribution in [0.5, 0.6) is 0 Å². The number of nitrogens with one attached hydrogen (secondary N) is 1. The largest absolute Gasteiger partial charge is 0.478 e. The zero-order valence-electron chi connectivity index (χ0n) is 10.5. The molecule has 0 radical (unpaired) electrons. The van der Waals surface area contributed by atoms with Gasteiger partial charge in [0, 0.05) is 12.2 Å². The fraction of sp³-hybridized carbons (Fsp3) is 0.500. The molecule has 2 N–H and O–H groups in total. The van der Waals surface area contributed by atoms with Crippen LogP contribution in [0.15, 0.2) is 18.3 Å². The number of pyridine rings is 1. The van der Waals surface area contributed by atoms with Crippen LogP contribution in [0.3, 0.4) is 0 Å². The van der Waals surface area contributed by atoms with E-state index in [9.17, 15) is 4.79 Å². The van der Waals surface area contributed by atoms with Crippen LogP contribution in [0.2, 0.25) is 0 Å². The SMILES string of the molecule is CC(CCN(C)C)Nc1ncccc1C(=O)O. The lowest BCUT2D eigenvalue weighted by molar-refractivity contribution is 0.0697. The molecule has 5 heteroatoms. The van der Waals surface area contributed by atoms with Gasteiger partial charge in [0.1, 0.15) is 11.4 Å². The van der Waals surface area contributed by atoms with E-state index in [-0.39, 0.29) is 11.6 Å². The maximum absolute atomic E-state index is 11.0. The Balaban J connectivity index is 2.64. The van der Waals surface area contributed by atoms with Gasteiger partial charge in [-0.15, -0.1) is 0 Å². The van der Waals surface area contributed by atoms with Crippen LogP contribution in [0, 0.1) is 0 Å². The van der Waals surface area contributed by atoms with Gasteiger partial charge in [0.2, 0.25) is 0 Å². The molecule has 0 aliphatic carbocycles. The van der Waals surface area contributed by atoms with Crippen LogP contribution in [0.4, 0.5) is 5.82 Å². The number of hydrogen-bond acceptors (Lipinski definition) is 4. The lowest BCUT2D eigenvalue weighted by Crippen LogP contribution is -2.24. The number of nitrogens with zero attached hydrogens (tertiary/aromatic N) is 2. The molecule has 17 heavy (non-hydrogen) atoms.